The van der Waals surface area contributed by atoms with Crippen molar-refractivity contribution in [1.29, 1.82) is 0 Å². The molecule has 0 radical (unpaired) electrons. The van der Waals surface area contributed by atoms with Crippen molar-refractivity contribution in [1.82, 2.24) is 5.32 Å². The number of amides is 2. The largest absolute Gasteiger partial charge is 0.353 e. The molecule has 1 fully saturated rings. The van der Waals surface area contributed by atoms with Gasteiger partial charge in [-0.2, -0.15) is 5.11 Å². The van der Waals surface area contributed by atoms with E-state index in [0.717, 1.165) is 18.4 Å². The number of hydrogen-bond donors (Lipinski definition) is 1. The van der Waals surface area contributed by atoms with E-state index in [2.05, 4.69) is 15.5 Å². The summed E-state index contributed by atoms with van der Waals surface area (Å²) in [5.74, 6) is -1.14. The van der Waals surface area contributed by atoms with Crippen molar-refractivity contribution >= 4 is 23.4 Å². The predicted molar refractivity (Wildman–Crippen MR) is 82.6 cm³/mol. The molecule has 3 rings (SSSR count). The lowest BCUT2D eigenvalue weighted by Gasteiger charge is -2.30. The van der Waals surface area contributed by atoms with Crippen molar-refractivity contribution in [3.8, 4) is 0 Å². The molecule has 1 aliphatic carbocycles. The number of rotatable bonds is 3. The van der Waals surface area contributed by atoms with Gasteiger partial charge >= 0.3 is 0 Å². The zero-order valence-electron chi connectivity index (χ0n) is 12.3. The fraction of sp³-hybridized carbons (Fsp3) is 0.375. The highest BCUT2D eigenvalue weighted by atomic mass is 35.5. The first-order valence-corrected chi connectivity index (χ1v) is 7.78. The fourth-order valence-corrected chi connectivity index (χ4v) is 3.16. The summed E-state index contributed by atoms with van der Waals surface area (Å²) in [6, 6.07) is 4.20. The Labute approximate surface area is 137 Å². The molecule has 2 unspecified atom stereocenters. The number of carbonyl (C=O) groups excluding carboxylic acids is 2. The number of benzene rings is 1. The minimum atomic E-state index is -0.489. The third-order valence-corrected chi connectivity index (χ3v) is 4.42. The molecule has 1 aromatic rings. The summed E-state index contributed by atoms with van der Waals surface area (Å²) in [6.45, 7) is 0. The normalized spacial score (nSPS) is 23.2. The monoisotopic (exact) mass is 335 g/mol. The summed E-state index contributed by atoms with van der Waals surface area (Å²) in [6.07, 6.45) is 3.42. The quantitative estimate of drug-likeness (QED) is 0.922. The number of halogens is 2. The average Bonchev–Trinajstić information content (AvgIpc) is 2.50. The molecule has 2 amide bonds. The molecule has 1 N–H and O–H groups in total. The van der Waals surface area contributed by atoms with Crippen LogP contribution in [0.3, 0.4) is 0 Å². The van der Waals surface area contributed by atoms with Gasteiger partial charge in [-0.25, -0.2) is 4.39 Å². The van der Waals surface area contributed by atoms with Crippen LogP contribution in [0.15, 0.2) is 40.1 Å². The van der Waals surface area contributed by atoms with E-state index < -0.39 is 5.82 Å². The Bertz CT molecular complexity index is 697. The van der Waals surface area contributed by atoms with Gasteiger partial charge in [-0.15, -0.1) is 5.11 Å². The first kappa shape index (κ1) is 15.8. The third kappa shape index (κ3) is 3.64. The maximum atomic E-state index is 13.7. The van der Waals surface area contributed by atoms with Gasteiger partial charge in [0.15, 0.2) is 0 Å². The Morgan fingerprint density at radius 2 is 2.22 bits per heavy atom. The minimum absolute atomic E-state index is 0.0538. The van der Waals surface area contributed by atoms with Gasteiger partial charge in [-0.05, 0) is 37.0 Å². The molecule has 0 spiro atoms. The van der Waals surface area contributed by atoms with Crippen molar-refractivity contribution in [2.75, 3.05) is 0 Å². The summed E-state index contributed by atoms with van der Waals surface area (Å²) < 4.78 is 13.7. The predicted octanol–water partition coefficient (Wildman–Crippen LogP) is 2.98. The number of azo groups is 1. The lowest BCUT2D eigenvalue weighted by molar-refractivity contribution is -0.121. The smallest absolute Gasteiger partial charge is 0.287 e. The molecule has 0 aromatic heterocycles. The van der Waals surface area contributed by atoms with Crippen LogP contribution in [0, 0.1) is 5.82 Å². The SMILES string of the molecule is O=C1C=C2CC(NC(=O)Cc3c(F)cccc3Cl)CCC2N=N1. The molecular weight excluding hydrogens is 321 g/mol. The summed E-state index contributed by atoms with van der Waals surface area (Å²) in [5, 5.41) is 10.6. The maximum Gasteiger partial charge on any atom is 0.287 e. The highest BCUT2D eigenvalue weighted by Gasteiger charge is 2.29. The van der Waals surface area contributed by atoms with Gasteiger partial charge < -0.3 is 5.32 Å². The van der Waals surface area contributed by atoms with Crippen molar-refractivity contribution < 1.29 is 14.0 Å². The number of carbonyl (C=O) groups is 2. The van der Waals surface area contributed by atoms with Crippen molar-refractivity contribution in [3.05, 3.63) is 46.3 Å². The zero-order valence-corrected chi connectivity index (χ0v) is 13.0. The number of fused-ring (bicyclic) bond motifs is 1. The Balaban J connectivity index is 1.62. The van der Waals surface area contributed by atoms with Crippen LogP contribution in [0.2, 0.25) is 5.02 Å². The molecule has 2 aliphatic rings. The van der Waals surface area contributed by atoms with E-state index in [9.17, 15) is 14.0 Å². The van der Waals surface area contributed by atoms with Crippen LogP contribution in [-0.2, 0) is 16.0 Å². The van der Waals surface area contributed by atoms with Gasteiger partial charge in [0.2, 0.25) is 5.91 Å². The molecule has 23 heavy (non-hydrogen) atoms. The minimum Gasteiger partial charge on any atom is -0.353 e. The lowest BCUT2D eigenvalue weighted by Crippen LogP contribution is -2.40. The molecule has 1 aliphatic heterocycles. The van der Waals surface area contributed by atoms with Gasteiger partial charge in [0.05, 0.1) is 12.5 Å². The van der Waals surface area contributed by atoms with Gasteiger partial charge in [-0.1, -0.05) is 17.7 Å². The van der Waals surface area contributed by atoms with Gasteiger partial charge in [0.1, 0.15) is 5.82 Å². The van der Waals surface area contributed by atoms with Gasteiger partial charge in [0.25, 0.3) is 5.91 Å². The van der Waals surface area contributed by atoms with Crippen LogP contribution in [-0.4, -0.2) is 23.9 Å². The molecule has 1 heterocycles. The van der Waals surface area contributed by atoms with E-state index in [-0.39, 0.29) is 40.9 Å². The summed E-state index contributed by atoms with van der Waals surface area (Å²) in [7, 11) is 0. The second-order valence-electron chi connectivity index (χ2n) is 5.71. The first-order chi connectivity index (χ1) is 11.0. The Kier molecular flexibility index (Phi) is 4.52. The van der Waals surface area contributed by atoms with Crippen LogP contribution in [0.5, 0.6) is 0 Å². The molecule has 0 bridgehead atoms. The van der Waals surface area contributed by atoms with Gasteiger partial charge in [-0.3, -0.25) is 9.59 Å². The van der Waals surface area contributed by atoms with Crippen LogP contribution < -0.4 is 5.32 Å². The van der Waals surface area contributed by atoms with Crippen LogP contribution in [0.1, 0.15) is 24.8 Å². The second kappa shape index (κ2) is 6.58. The maximum absolute atomic E-state index is 13.7. The standard InChI is InChI=1S/C16H15ClFN3O2/c17-12-2-1-3-13(18)11(12)8-15(22)19-10-4-5-14-9(6-10)7-16(23)21-20-14/h1-3,7,10,14H,4-6,8H2,(H,19,22). The van der Waals surface area contributed by atoms with E-state index in [1.165, 1.54) is 18.2 Å². The first-order valence-electron chi connectivity index (χ1n) is 7.40. The molecular formula is C16H15ClFN3O2. The molecule has 1 aromatic carbocycles. The summed E-state index contributed by atoms with van der Waals surface area (Å²) >= 11 is 5.93. The molecule has 1 saturated carbocycles. The summed E-state index contributed by atoms with van der Waals surface area (Å²) in [5.41, 5.74) is 1.09. The van der Waals surface area contributed by atoms with E-state index in [4.69, 9.17) is 11.6 Å². The lowest BCUT2D eigenvalue weighted by atomic mass is 9.86. The fourth-order valence-electron chi connectivity index (χ4n) is 2.93. The second-order valence-corrected chi connectivity index (χ2v) is 6.12. The molecule has 120 valence electrons. The third-order valence-electron chi connectivity index (χ3n) is 4.07. The molecule has 2 atom stereocenters. The highest BCUT2D eigenvalue weighted by molar-refractivity contribution is 6.31. The Morgan fingerprint density at radius 3 is 3.00 bits per heavy atom. The number of nitrogens with zero attached hydrogens (tertiary/aromatic N) is 2. The van der Waals surface area contributed by atoms with E-state index >= 15 is 0 Å². The molecule has 5 nitrogen and oxygen atoms in total. The zero-order chi connectivity index (χ0) is 16.4. The molecule has 7 heteroatoms. The van der Waals surface area contributed by atoms with Crippen LogP contribution >= 0.6 is 11.6 Å². The topological polar surface area (TPSA) is 70.9 Å². The van der Waals surface area contributed by atoms with Gasteiger partial charge in [0, 0.05) is 22.7 Å². The molecule has 0 saturated heterocycles. The average molecular weight is 336 g/mol. The van der Waals surface area contributed by atoms with Crippen molar-refractivity contribution in [2.45, 2.75) is 37.8 Å². The summed E-state index contributed by atoms with van der Waals surface area (Å²) in [4.78, 5) is 23.4. The Morgan fingerprint density at radius 1 is 1.39 bits per heavy atom. The Hall–Kier alpha value is -2.08. The van der Waals surface area contributed by atoms with E-state index in [1.807, 2.05) is 0 Å². The van der Waals surface area contributed by atoms with E-state index in [0.29, 0.717) is 6.42 Å². The van der Waals surface area contributed by atoms with Crippen LogP contribution in [0.4, 0.5) is 4.39 Å². The number of hydrogen-bond acceptors (Lipinski definition) is 3. The van der Waals surface area contributed by atoms with E-state index in [1.54, 1.807) is 6.07 Å². The number of nitrogens with one attached hydrogen (secondary N) is 1. The van der Waals surface area contributed by atoms with Crippen LogP contribution in [0.25, 0.3) is 0 Å². The van der Waals surface area contributed by atoms with Crippen molar-refractivity contribution in [3.63, 3.8) is 0 Å². The highest BCUT2D eigenvalue weighted by Crippen LogP contribution is 2.29. The van der Waals surface area contributed by atoms with Crippen molar-refractivity contribution in [2.24, 2.45) is 10.2 Å².